The number of hydrogen-bond acceptors (Lipinski definition) is 4. The lowest BCUT2D eigenvalue weighted by Gasteiger charge is -2.34. The van der Waals surface area contributed by atoms with Gasteiger partial charge in [-0.15, -0.1) is 0 Å². The molecular formula is C29H29N3O3S. The largest absolute Gasteiger partial charge is 0.321 e. The monoisotopic (exact) mass is 499 g/mol. The second kappa shape index (κ2) is 10.6. The molecule has 0 aromatic heterocycles. The smallest absolute Gasteiger partial charge is 0.255 e. The van der Waals surface area contributed by atoms with Crippen molar-refractivity contribution in [1.82, 2.24) is 9.62 Å². The van der Waals surface area contributed by atoms with E-state index in [1.807, 2.05) is 72.8 Å². The van der Waals surface area contributed by atoms with Crippen molar-refractivity contribution in [1.29, 1.82) is 0 Å². The molecule has 5 rings (SSSR count). The van der Waals surface area contributed by atoms with Gasteiger partial charge in [0.15, 0.2) is 0 Å². The van der Waals surface area contributed by atoms with Gasteiger partial charge in [-0.05, 0) is 55.8 Å². The van der Waals surface area contributed by atoms with Gasteiger partial charge in [-0.1, -0.05) is 72.8 Å². The van der Waals surface area contributed by atoms with Crippen molar-refractivity contribution in [3.63, 3.8) is 0 Å². The Morgan fingerprint density at radius 1 is 0.806 bits per heavy atom. The molecule has 0 aliphatic carbocycles. The summed E-state index contributed by atoms with van der Waals surface area (Å²) in [7, 11) is -3.83. The Labute approximate surface area is 212 Å². The third kappa shape index (κ3) is 5.04. The number of carbonyl (C=O) groups excluding carboxylic acids is 1. The number of nitrogens with one attached hydrogen (secondary N) is 2. The van der Waals surface area contributed by atoms with Crippen LogP contribution in [-0.2, 0) is 16.6 Å². The number of carbonyl (C=O) groups is 1. The minimum absolute atomic E-state index is 0.0901. The van der Waals surface area contributed by atoms with Crippen LogP contribution in [0.2, 0.25) is 0 Å². The normalized spacial score (nSPS) is 14.7. The second-order valence-corrected chi connectivity index (χ2v) is 10.9. The van der Waals surface area contributed by atoms with Crippen LogP contribution in [0.1, 0.15) is 28.8 Å². The number of hydrogen-bond donors (Lipinski definition) is 2. The fraction of sp³-hybridized carbons (Fsp3) is 0.207. The molecule has 1 aliphatic rings. The van der Waals surface area contributed by atoms with E-state index in [0.717, 1.165) is 31.5 Å². The average molecular weight is 500 g/mol. The molecule has 7 heteroatoms. The SMILES string of the molecule is O=C(Nc1ccc(S(=O)(=O)N(Cc2ccccc2)C2CCNCC2)c2ccccc12)c1ccccc1. The van der Waals surface area contributed by atoms with Gasteiger partial charge < -0.3 is 10.6 Å². The Hall–Kier alpha value is -3.52. The van der Waals surface area contributed by atoms with Crippen molar-refractivity contribution in [2.75, 3.05) is 18.4 Å². The summed E-state index contributed by atoms with van der Waals surface area (Å²) < 4.78 is 30.1. The fourth-order valence-corrected chi connectivity index (χ4v) is 6.65. The van der Waals surface area contributed by atoms with Gasteiger partial charge in [-0.25, -0.2) is 8.42 Å². The lowest BCUT2D eigenvalue weighted by atomic mass is 10.1. The fourth-order valence-electron chi connectivity index (χ4n) is 4.78. The number of fused-ring (bicyclic) bond motifs is 1. The molecular weight excluding hydrogens is 470 g/mol. The highest BCUT2D eigenvalue weighted by atomic mass is 32.2. The van der Waals surface area contributed by atoms with Crippen LogP contribution in [0.25, 0.3) is 10.8 Å². The van der Waals surface area contributed by atoms with Crippen LogP contribution in [0.4, 0.5) is 5.69 Å². The van der Waals surface area contributed by atoms with E-state index in [4.69, 9.17) is 0 Å². The molecule has 0 radical (unpaired) electrons. The number of benzene rings is 4. The molecule has 0 saturated carbocycles. The summed E-state index contributed by atoms with van der Waals surface area (Å²) in [6, 6.07) is 29.3. The highest BCUT2D eigenvalue weighted by Crippen LogP contribution is 2.34. The van der Waals surface area contributed by atoms with E-state index < -0.39 is 10.0 Å². The maximum atomic E-state index is 14.2. The summed E-state index contributed by atoms with van der Waals surface area (Å²) in [5.74, 6) is -0.239. The zero-order chi connectivity index (χ0) is 25.0. The van der Waals surface area contributed by atoms with Gasteiger partial charge >= 0.3 is 0 Å². The van der Waals surface area contributed by atoms with E-state index in [9.17, 15) is 13.2 Å². The Morgan fingerprint density at radius 3 is 2.11 bits per heavy atom. The molecule has 4 aromatic carbocycles. The van der Waals surface area contributed by atoms with Gasteiger partial charge in [0.05, 0.1) is 4.90 Å². The summed E-state index contributed by atoms with van der Waals surface area (Å²) in [6.45, 7) is 1.89. The number of rotatable bonds is 7. The number of nitrogens with zero attached hydrogens (tertiary/aromatic N) is 1. The minimum atomic E-state index is -3.83. The van der Waals surface area contributed by atoms with Crippen molar-refractivity contribution >= 4 is 32.4 Å². The van der Waals surface area contributed by atoms with Crippen molar-refractivity contribution in [2.24, 2.45) is 0 Å². The quantitative estimate of drug-likeness (QED) is 0.374. The number of anilines is 1. The van der Waals surface area contributed by atoms with Gasteiger partial charge in [0.25, 0.3) is 5.91 Å². The molecule has 0 atom stereocenters. The molecule has 0 spiro atoms. The molecule has 1 heterocycles. The van der Waals surface area contributed by atoms with Crippen LogP contribution in [0, 0.1) is 0 Å². The molecule has 36 heavy (non-hydrogen) atoms. The van der Waals surface area contributed by atoms with E-state index in [1.54, 1.807) is 28.6 Å². The van der Waals surface area contributed by atoms with Crippen molar-refractivity contribution < 1.29 is 13.2 Å². The van der Waals surface area contributed by atoms with Gasteiger partial charge in [0, 0.05) is 34.6 Å². The molecule has 1 aliphatic heterocycles. The van der Waals surface area contributed by atoms with E-state index in [1.165, 1.54) is 0 Å². The summed E-state index contributed by atoms with van der Waals surface area (Å²) in [6.07, 6.45) is 1.52. The maximum absolute atomic E-state index is 14.2. The molecule has 2 N–H and O–H groups in total. The van der Waals surface area contributed by atoms with Crippen molar-refractivity contribution in [3.05, 3.63) is 108 Å². The minimum Gasteiger partial charge on any atom is -0.321 e. The third-order valence-electron chi connectivity index (χ3n) is 6.65. The molecule has 184 valence electrons. The van der Waals surface area contributed by atoms with E-state index >= 15 is 0 Å². The first-order valence-corrected chi connectivity index (χ1v) is 13.6. The van der Waals surface area contributed by atoms with Crippen molar-refractivity contribution in [3.8, 4) is 0 Å². The van der Waals surface area contributed by atoms with Crippen LogP contribution in [0.15, 0.2) is 102 Å². The topological polar surface area (TPSA) is 78.5 Å². The van der Waals surface area contributed by atoms with Crippen LogP contribution in [0.5, 0.6) is 0 Å². The summed E-state index contributed by atoms with van der Waals surface area (Å²) in [5.41, 5.74) is 2.07. The molecule has 1 fully saturated rings. The first-order valence-electron chi connectivity index (χ1n) is 12.2. The van der Waals surface area contributed by atoms with Gasteiger partial charge in [0.2, 0.25) is 10.0 Å². The Kier molecular flexibility index (Phi) is 7.13. The number of piperidine rings is 1. The Balaban J connectivity index is 1.55. The van der Waals surface area contributed by atoms with Crippen LogP contribution in [-0.4, -0.2) is 37.8 Å². The third-order valence-corrected chi connectivity index (χ3v) is 8.61. The van der Waals surface area contributed by atoms with Gasteiger partial charge in [-0.2, -0.15) is 4.31 Å². The summed E-state index contributed by atoms with van der Waals surface area (Å²) >= 11 is 0. The molecule has 0 unspecified atom stereocenters. The van der Waals surface area contributed by atoms with E-state index in [0.29, 0.717) is 28.6 Å². The summed E-state index contributed by atoms with van der Waals surface area (Å²) in [4.78, 5) is 13.1. The molecule has 0 bridgehead atoms. The maximum Gasteiger partial charge on any atom is 0.255 e. The Morgan fingerprint density at radius 2 is 1.42 bits per heavy atom. The Bertz CT molecular complexity index is 1450. The standard InChI is InChI=1S/C29H29N3O3S/c33-29(23-11-5-2-6-12-23)31-27-15-16-28(26-14-8-7-13-25(26)27)36(34,35)32(24-17-19-30-20-18-24)21-22-9-3-1-4-10-22/h1-16,24,30H,17-21H2,(H,31,33). The average Bonchev–Trinajstić information content (AvgIpc) is 2.93. The van der Waals surface area contributed by atoms with Gasteiger partial charge in [0.1, 0.15) is 0 Å². The molecule has 4 aromatic rings. The van der Waals surface area contributed by atoms with Crippen molar-refractivity contribution in [2.45, 2.75) is 30.3 Å². The molecule has 6 nitrogen and oxygen atoms in total. The predicted molar refractivity (Wildman–Crippen MR) is 143 cm³/mol. The second-order valence-electron chi connectivity index (χ2n) is 8.99. The number of amides is 1. The van der Waals surface area contributed by atoms with Gasteiger partial charge in [-0.3, -0.25) is 4.79 Å². The van der Waals surface area contributed by atoms with Crippen LogP contribution >= 0.6 is 0 Å². The number of sulfonamides is 1. The molecule has 1 saturated heterocycles. The van der Waals surface area contributed by atoms with E-state index in [-0.39, 0.29) is 16.8 Å². The zero-order valence-corrected chi connectivity index (χ0v) is 20.7. The zero-order valence-electron chi connectivity index (χ0n) is 19.9. The highest BCUT2D eigenvalue weighted by Gasteiger charge is 2.33. The lowest BCUT2D eigenvalue weighted by Crippen LogP contribution is -2.45. The lowest BCUT2D eigenvalue weighted by molar-refractivity contribution is 0.102. The molecule has 1 amide bonds. The van der Waals surface area contributed by atoms with E-state index in [2.05, 4.69) is 10.6 Å². The first-order chi connectivity index (χ1) is 17.5. The first kappa shape index (κ1) is 24.2. The van der Waals surface area contributed by atoms with Crippen LogP contribution < -0.4 is 10.6 Å². The summed E-state index contributed by atoms with van der Waals surface area (Å²) in [5, 5.41) is 7.57. The van der Waals surface area contributed by atoms with Crippen LogP contribution in [0.3, 0.4) is 0 Å². The predicted octanol–water partition coefficient (Wildman–Crippen LogP) is 5.04. The highest BCUT2D eigenvalue weighted by molar-refractivity contribution is 7.89.